The maximum Gasteiger partial charge on any atom is -0.0326 e. The van der Waals surface area contributed by atoms with Crippen LogP contribution in [0.2, 0.25) is 0 Å². The fourth-order valence-corrected chi connectivity index (χ4v) is 2.35. The van der Waals surface area contributed by atoms with E-state index in [-0.39, 0.29) is 0 Å². The van der Waals surface area contributed by atoms with Crippen LogP contribution < -0.4 is 0 Å². The van der Waals surface area contributed by atoms with Crippen molar-refractivity contribution in [3.8, 4) is 0 Å². The molecule has 0 rings (SSSR count). The minimum Gasteiger partial charge on any atom is -0.100 e. The largest absolute Gasteiger partial charge is 0.100 e. The summed E-state index contributed by atoms with van der Waals surface area (Å²) in [5, 5.41) is 0. The van der Waals surface area contributed by atoms with Crippen LogP contribution in [0.3, 0.4) is 0 Å². The summed E-state index contributed by atoms with van der Waals surface area (Å²) in [7, 11) is 0. The molecule has 0 nitrogen and oxygen atoms in total. The summed E-state index contributed by atoms with van der Waals surface area (Å²) in [6, 6.07) is 0. The Balaban J connectivity index is 3.36. The van der Waals surface area contributed by atoms with Crippen LogP contribution in [0.25, 0.3) is 0 Å². The molecule has 2 unspecified atom stereocenters. The van der Waals surface area contributed by atoms with Crippen LogP contribution >= 0.6 is 0 Å². The average molecular weight is 224 g/mol. The van der Waals surface area contributed by atoms with Crippen molar-refractivity contribution in [1.82, 2.24) is 0 Å². The van der Waals surface area contributed by atoms with Crippen molar-refractivity contribution >= 4 is 0 Å². The lowest BCUT2D eigenvalue weighted by Gasteiger charge is -2.13. The van der Waals surface area contributed by atoms with E-state index < -0.39 is 0 Å². The van der Waals surface area contributed by atoms with Crippen LogP contribution in [-0.4, -0.2) is 0 Å². The van der Waals surface area contributed by atoms with E-state index in [0.29, 0.717) is 0 Å². The molecule has 0 heteroatoms. The molecule has 0 N–H and O–H groups in total. The van der Waals surface area contributed by atoms with Gasteiger partial charge in [-0.3, -0.25) is 0 Å². The zero-order valence-corrected chi connectivity index (χ0v) is 12.0. The predicted octanol–water partition coefficient (Wildman–Crippen LogP) is 5.98. The van der Waals surface area contributed by atoms with Gasteiger partial charge in [0.05, 0.1) is 0 Å². The highest BCUT2D eigenvalue weighted by atomic mass is 14.1. The Morgan fingerprint density at radius 2 is 1.44 bits per heavy atom. The summed E-state index contributed by atoms with van der Waals surface area (Å²) in [4.78, 5) is 0. The van der Waals surface area contributed by atoms with E-state index in [2.05, 4.69) is 34.3 Å². The van der Waals surface area contributed by atoms with E-state index in [1.165, 1.54) is 56.9 Å². The number of rotatable bonds is 10. The Kier molecular flexibility index (Phi) is 9.77. The van der Waals surface area contributed by atoms with Crippen molar-refractivity contribution < 1.29 is 0 Å². The molecular weight excluding hydrogens is 192 g/mol. The molecule has 0 saturated carbocycles. The highest BCUT2D eigenvalue weighted by Gasteiger charge is 2.04. The molecule has 0 heterocycles. The molecule has 0 aromatic rings. The van der Waals surface area contributed by atoms with Crippen molar-refractivity contribution in [2.45, 2.75) is 79.1 Å². The number of hydrogen-bond donors (Lipinski definition) is 0. The molecule has 0 saturated heterocycles. The van der Waals surface area contributed by atoms with Crippen LogP contribution in [0.5, 0.6) is 0 Å². The minimum absolute atomic E-state index is 0.910. The second-order valence-electron chi connectivity index (χ2n) is 5.78. The van der Waals surface area contributed by atoms with Gasteiger partial charge in [-0.2, -0.15) is 0 Å². The average Bonchev–Trinajstić information content (AvgIpc) is 2.17. The molecule has 0 aromatic carbocycles. The van der Waals surface area contributed by atoms with Crippen LogP contribution in [-0.2, 0) is 0 Å². The highest BCUT2D eigenvalue weighted by Crippen LogP contribution is 2.20. The van der Waals surface area contributed by atoms with E-state index in [9.17, 15) is 0 Å². The standard InChI is InChI=1S/C16H32/c1-6-9-15(4)12-8-13-16(5)11-7-10-14(2)3/h15-16H,2,6-13H2,1,3-5H3. The second kappa shape index (κ2) is 9.93. The molecule has 0 aliphatic rings. The quantitative estimate of drug-likeness (QED) is 0.401. The Hall–Kier alpha value is -0.260. The molecule has 0 radical (unpaired) electrons. The summed E-state index contributed by atoms with van der Waals surface area (Å²) >= 11 is 0. The Morgan fingerprint density at radius 1 is 0.938 bits per heavy atom. The van der Waals surface area contributed by atoms with Crippen LogP contribution in [0.15, 0.2) is 12.2 Å². The normalized spacial score (nSPS) is 14.8. The van der Waals surface area contributed by atoms with Gasteiger partial charge >= 0.3 is 0 Å². The predicted molar refractivity (Wildman–Crippen MR) is 75.8 cm³/mol. The van der Waals surface area contributed by atoms with Crippen LogP contribution in [0.4, 0.5) is 0 Å². The monoisotopic (exact) mass is 224 g/mol. The van der Waals surface area contributed by atoms with Gasteiger partial charge in [0.1, 0.15) is 0 Å². The summed E-state index contributed by atoms with van der Waals surface area (Å²) in [6.45, 7) is 13.2. The first-order valence-corrected chi connectivity index (χ1v) is 7.20. The third-order valence-electron chi connectivity index (χ3n) is 3.48. The van der Waals surface area contributed by atoms with Crippen molar-refractivity contribution in [3.63, 3.8) is 0 Å². The molecule has 0 aliphatic carbocycles. The Bertz CT molecular complexity index is 169. The van der Waals surface area contributed by atoms with E-state index in [4.69, 9.17) is 0 Å². The fourth-order valence-electron chi connectivity index (χ4n) is 2.35. The molecule has 0 fully saturated rings. The van der Waals surface area contributed by atoms with Gasteiger partial charge in [0.25, 0.3) is 0 Å². The summed E-state index contributed by atoms with van der Waals surface area (Å²) < 4.78 is 0. The first-order chi connectivity index (χ1) is 7.56. The van der Waals surface area contributed by atoms with Gasteiger partial charge in [0.15, 0.2) is 0 Å². The molecule has 2 atom stereocenters. The molecule has 0 bridgehead atoms. The minimum atomic E-state index is 0.910. The third-order valence-corrected chi connectivity index (χ3v) is 3.48. The van der Waals surface area contributed by atoms with Crippen molar-refractivity contribution in [3.05, 3.63) is 12.2 Å². The first kappa shape index (κ1) is 15.7. The van der Waals surface area contributed by atoms with Crippen LogP contribution in [0.1, 0.15) is 79.1 Å². The van der Waals surface area contributed by atoms with Gasteiger partial charge in [-0.15, -0.1) is 6.58 Å². The first-order valence-electron chi connectivity index (χ1n) is 7.20. The van der Waals surface area contributed by atoms with E-state index >= 15 is 0 Å². The van der Waals surface area contributed by atoms with E-state index in [1.807, 2.05) is 0 Å². The molecule has 96 valence electrons. The highest BCUT2D eigenvalue weighted by molar-refractivity contribution is 4.87. The lowest BCUT2D eigenvalue weighted by atomic mass is 9.93. The SMILES string of the molecule is C=C(C)CCCC(C)CCCC(C)CCC. The van der Waals surface area contributed by atoms with Gasteiger partial charge in [-0.1, -0.05) is 64.9 Å². The molecule has 16 heavy (non-hydrogen) atoms. The van der Waals surface area contributed by atoms with Crippen LogP contribution in [0, 0.1) is 11.8 Å². The van der Waals surface area contributed by atoms with Gasteiger partial charge in [-0.05, 0) is 31.6 Å². The third kappa shape index (κ3) is 10.3. The Labute approximate surface area is 104 Å². The lowest BCUT2D eigenvalue weighted by molar-refractivity contribution is 0.403. The molecule has 0 aliphatic heterocycles. The molecular formula is C16H32. The molecule has 0 amide bonds. The topological polar surface area (TPSA) is 0 Å². The maximum absolute atomic E-state index is 3.96. The molecule has 0 aromatic heterocycles. The number of hydrogen-bond acceptors (Lipinski definition) is 0. The van der Waals surface area contributed by atoms with Gasteiger partial charge in [-0.25, -0.2) is 0 Å². The van der Waals surface area contributed by atoms with Crippen molar-refractivity contribution in [1.29, 1.82) is 0 Å². The summed E-state index contributed by atoms with van der Waals surface area (Å²) in [5.74, 6) is 1.85. The fraction of sp³-hybridized carbons (Fsp3) is 0.875. The Morgan fingerprint density at radius 3 is 1.94 bits per heavy atom. The zero-order valence-electron chi connectivity index (χ0n) is 12.0. The maximum atomic E-state index is 3.96. The second-order valence-corrected chi connectivity index (χ2v) is 5.78. The summed E-state index contributed by atoms with van der Waals surface area (Å²) in [5.41, 5.74) is 1.34. The van der Waals surface area contributed by atoms with Gasteiger partial charge in [0.2, 0.25) is 0 Å². The van der Waals surface area contributed by atoms with E-state index in [0.717, 1.165) is 11.8 Å². The smallest absolute Gasteiger partial charge is 0.0326 e. The number of allylic oxidation sites excluding steroid dienone is 1. The van der Waals surface area contributed by atoms with Crippen molar-refractivity contribution in [2.24, 2.45) is 11.8 Å². The molecule has 0 spiro atoms. The zero-order chi connectivity index (χ0) is 12.4. The van der Waals surface area contributed by atoms with Gasteiger partial charge in [0, 0.05) is 0 Å². The van der Waals surface area contributed by atoms with Crippen molar-refractivity contribution in [2.75, 3.05) is 0 Å². The summed E-state index contributed by atoms with van der Waals surface area (Å²) in [6.07, 6.45) is 11.0. The van der Waals surface area contributed by atoms with E-state index in [1.54, 1.807) is 0 Å². The van der Waals surface area contributed by atoms with Gasteiger partial charge < -0.3 is 0 Å². The lowest BCUT2D eigenvalue weighted by Crippen LogP contribution is -1.99.